The number of rotatable bonds is 4. The maximum absolute atomic E-state index is 10.4. The smallest absolute Gasteiger partial charge is 0.343 e. The number of carbonyl (C=O) groups is 2. The van der Waals surface area contributed by atoms with Gasteiger partial charge in [-0.2, -0.15) is 0 Å². The molecule has 0 rings (SSSR count). The van der Waals surface area contributed by atoms with Crippen LogP contribution in [0.25, 0.3) is 0 Å². The molecule has 0 radical (unpaired) electrons. The van der Waals surface area contributed by atoms with Crippen LogP contribution in [0.5, 0.6) is 0 Å². The Bertz CT molecular complexity index is 264. The Hall–Kier alpha value is -1.000. The highest BCUT2D eigenvalue weighted by Gasteiger charge is 2.19. The first-order valence-corrected chi connectivity index (χ1v) is 4.04. The van der Waals surface area contributed by atoms with Gasteiger partial charge in [-0.25, -0.2) is 9.59 Å². The van der Waals surface area contributed by atoms with Gasteiger partial charge in [0, 0.05) is 11.4 Å². The minimum atomic E-state index is -1.54. The Morgan fingerprint density at radius 3 is 1.92 bits per heavy atom. The van der Waals surface area contributed by atoms with Crippen LogP contribution in [0.4, 0.5) is 0 Å². The summed E-state index contributed by atoms with van der Waals surface area (Å²) in [5, 5.41) is 17.0. The van der Waals surface area contributed by atoms with Crippen molar-refractivity contribution in [3.8, 4) is 0 Å². The second kappa shape index (κ2) is 5.61. The first-order valence-electron chi connectivity index (χ1n) is 3.07. The molecule has 0 saturated heterocycles. The summed E-state index contributed by atoms with van der Waals surface area (Å²) in [5.74, 6) is -3.31. The van der Waals surface area contributed by atoms with Gasteiger partial charge in [-0.15, -0.1) is 11.6 Å². The third kappa shape index (κ3) is 3.48. The molecule has 2 N–H and O–H groups in total. The number of carboxylic acids is 2. The number of hydrogen-bond acceptors (Lipinski definition) is 2. The summed E-state index contributed by atoms with van der Waals surface area (Å²) in [5.41, 5.74) is 0.187. The third-order valence-corrected chi connectivity index (χ3v) is 1.57. The monoisotopic (exact) mass is 224 g/mol. The number of halogens is 2. The molecule has 0 bridgehead atoms. The summed E-state index contributed by atoms with van der Waals surface area (Å²) in [7, 11) is 0. The lowest BCUT2D eigenvalue weighted by molar-refractivity contribution is -0.140. The second-order valence-corrected chi connectivity index (χ2v) is 2.46. The van der Waals surface area contributed by atoms with Crippen LogP contribution in [-0.4, -0.2) is 28.0 Å². The van der Waals surface area contributed by atoms with Crippen molar-refractivity contribution in [1.29, 1.82) is 0 Å². The average Bonchev–Trinajstić information content (AvgIpc) is 2.02. The van der Waals surface area contributed by atoms with Crippen molar-refractivity contribution in [3.05, 3.63) is 22.8 Å². The highest BCUT2D eigenvalue weighted by Crippen LogP contribution is 2.10. The fourth-order valence-corrected chi connectivity index (χ4v) is 1.01. The quantitative estimate of drug-likeness (QED) is 0.249. The van der Waals surface area contributed by atoms with Crippen molar-refractivity contribution in [2.24, 2.45) is 0 Å². The van der Waals surface area contributed by atoms with Crippen molar-refractivity contribution in [3.63, 3.8) is 0 Å². The van der Waals surface area contributed by atoms with E-state index in [-0.39, 0.29) is 11.5 Å². The van der Waals surface area contributed by atoms with E-state index in [2.05, 4.69) is 0 Å². The number of carboxylic acid groups (broad SMARTS) is 2. The van der Waals surface area contributed by atoms with Gasteiger partial charge in [0.05, 0.1) is 0 Å². The highest BCUT2D eigenvalue weighted by molar-refractivity contribution is 6.26. The van der Waals surface area contributed by atoms with Crippen LogP contribution in [0.3, 0.4) is 0 Å². The molecule has 0 aliphatic heterocycles. The van der Waals surface area contributed by atoms with E-state index < -0.39 is 17.5 Å². The molecule has 6 heteroatoms. The van der Waals surface area contributed by atoms with Crippen molar-refractivity contribution < 1.29 is 19.8 Å². The van der Waals surface area contributed by atoms with Crippen LogP contribution in [0, 0.1) is 0 Å². The van der Waals surface area contributed by atoms with Gasteiger partial charge in [-0.1, -0.05) is 11.6 Å². The number of aliphatic carboxylic acids is 2. The molecule has 4 nitrogen and oxygen atoms in total. The lowest BCUT2D eigenvalue weighted by atomic mass is 10.1. The maximum atomic E-state index is 10.4. The zero-order valence-electron chi connectivity index (χ0n) is 6.33. The first kappa shape index (κ1) is 12.0. The van der Waals surface area contributed by atoms with E-state index >= 15 is 0 Å². The lowest BCUT2D eigenvalue weighted by Crippen LogP contribution is -2.14. The Morgan fingerprint density at radius 2 is 1.69 bits per heavy atom. The fourth-order valence-electron chi connectivity index (χ4n) is 0.637. The molecule has 0 heterocycles. The summed E-state index contributed by atoms with van der Waals surface area (Å²) >= 11 is 10.5. The molecule has 0 aromatic heterocycles. The zero-order valence-corrected chi connectivity index (χ0v) is 7.84. The van der Waals surface area contributed by atoms with Crippen LogP contribution < -0.4 is 0 Å². The molecule has 0 spiro atoms. The minimum absolute atomic E-state index is 0.0448. The molecule has 0 aliphatic rings. The van der Waals surface area contributed by atoms with Crippen molar-refractivity contribution in [1.82, 2.24) is 0 Å². The van der Waals surface area contributed by atoms with E-state index in [0.29, 0.717) is 0 Å². The predicted octanol–water partition coefficient (Wildman–Crippen LogP) is 1.44. The van der Waals surface area contributed by atoms with E-state index in [1.807, 2.05) is 0 Å². The average molecular weight is 225 g/mol. The molecule has 0 aromatic rings. The standard InChI is InChI=1S/C7H6Cl2O4/c8-2-1-4(3-9)5(6(10)11)7(12)13/h1-2H,3H2,(H,10,11)(H,12,13)/b2-1-. The van der Waals surface area contributed by atoms with Crippen LogP contribution in [-0.2, 0) is 9.59 Å². The molecule has 72 valence electrons. The van der Waals surface area contributed by atoms with E-state index in [9.17, 15) is 9.59 Å². The van der Waals surface area contributed by atoms with Crippen molar-refractivity contribution in [2.45, 2.75) is 0 Å². The van der Waals surface area contributed by atoms with E-state index in [1.54, 1.807) is 0 Å². The van der Waals surface area contributed by atoms with Crippen LogP contribution in [0.1, 0.15) is 0 Å². The summed E-state index contributed by atoms with van der Waals surface area (Å²) in [6.45, 7) is 0. The zero-order chi connectivity index (χ0) is 10.4. The second-order valence-electron chi connectivity index (χ2n) is 1.94. The van der Waals surface area contributed by atoms with E-state index in [4.69, 9.17) is 33.4 Å². The Labute approximate surface area is 84.1 Å². The predicted molar refractivity (Wildman–Crippen MR) is 48.0 cm³/mol. The number of hydrogen-bond donors (Lipinski definition) is 2. The van der Waals surface area contributed by atoms with Crippen LogP contribution in [0.2, 0.25) is 0 Å². The largest absolute Gasteiger partial charge is 0.477 e. The molecule has 13 heavy (non-hydrogen) atoms. The Morgan fingerprint density at radius 1 is 1.23 bits per heavy atom. The summed E-state index contributed by atoms with van der Waals surface area (Å²) in [4.78, 5) is 20.9. The molecule has 0 unspecified atom stereocenters. The van der Waals surface area contributed by atoms with E-state index in [1.165, 1.54) is 0 Å². The minimum Gasteiger partial charge on any atom is -0.477 e. The third-order valence-electron chi connectivity index (χ3n) is 1.16. The number of alkyl halides is 1. The van der Waals surface area contributed by atoms with Gasteiger partial charge >= 0.3 is 11.9 Å². The van der Waals surface area contributed by atoms with E-state index in [0.717, 1.165) is 11.6 Å². The van der Waals surface area contributed by atoms with Crippen LogP contribution >= 0.6 is 23.2 Å². The van der Waals surface area contributed by atoms with Gasteiger partial charge in [-0.05, 0) is 11.6 Å². The maximum Gasteiger partial charge on any atom is 0.343 e. The molecule has 0 amide bonds. The normalized spacial score (nSPS) is 10.0. The summed E-state index contributed by atoms with van der Waals surface area (Å²) in [6, 6.07) is 0. The molecular weight excluding hydrogens is 219 g/mol. The van der Waals surface area contributed by atoms with Gasteiger partial charge in [0.2, 0.25) is 0 Å². The molecular formula is C7H6Cl2O4. The topological polar surface area (TPSA) is 74.6 Å². The summed E-state index contributed by atoms with van der Waals surface area (Å²) in [6.07, 6.45) is 1.13. The SMILES string of the molecule is O=C(O)C(C(=O)O)=C(/C=C\Cl)CCl. The fraction of sp³-hybridized carbons (Fsp3) is 0.143. The van der Waals surface area contributed by atoms with Gasteiger partial charge in [0.15, 0.2) is 0 Å². The van der Waals surface area contributed by atoms with Crippen molar-refractivity contribution >= 4 is 35.1 Å². The van der Waals surface area contributed by atoms with Gasteiger partial charge in [0.25, 0.3) is 0 Å². The molecule has 0 saturated carbocycles. The molecule has 0 atom stereocenters. The molecule has 0 fully saturated rings. The lowest BCUT2D eigenvalue weighted by Gasteiger charge is -1.99. The first-order chi connectivity index (χ1) is 6.04. The molecule has 0 aliphatic carbocycles. The molecule has 0 aromatic carbocycles. The van der Waals surface area contributed by atoms with Crippen molar-refractivity contribution in [2.75, 3.05) is 5.88 Å². The Kier molecular flexibility index (Phi) is 5.18. The van der Waals surface area contributed by atoms with Crippen LogP contribution in [0.15, 0.2) is 22.8 Å². The van der Waals surface area contributed by atoms with Gasteiger partial charge in [-0.3, -0.25) is 0 Å². The number of allylic oxidation sites excluding steroid dienone is 2. The van der Waals surface area contributed by atoms with Gasteiger partial charge in [0.1, 0.15) is 5.57 Å². The van der Waals surface area contributed by atoms with Gasteiger partial charge < -0.3 is 10.2 Å². The highest BCUT2D eigenvalue weighted by atomic mass is 35.5. The summed E-state index contributed by atoms with van der Waals surface area (Å²) < 4.78 is 0. The Balaban J connectivity index is 5.25.